The van der Waals surface area contributed by atoms with Crippen LogP contribution in [0.2, 0.25) is 10.0 Å². The number of nitrogens with one attached hydrogen (secondary N) is 1. The quantitative estimate of drug-likeness (QED) is 0.658. The fourth-order valence-electron chi connectivity index (χ4n) is 3.10. The fourth-order valence-corrected chi connectivity index (χ4v) is 3.57. The molecule has 0 fully saturated rings. The first-order valence-corrected chi connectivity index (χ1v) is 10.4. The van der Waals surface area contributed by atoms with Crippen molar-refractivity contribution >= 4 is 46.4 Å². The zero-order valence-electron chi connectivity index (χ0n) is 17.1. The van der Waals surface area contributed by atoms with Gasteiger partial charge >= 0.3 is 0 Å². The zero-order valence-corrected chi connectivity index (χ0v) is 18.6. The second-order valence-electron chi connectivity index (χ2n) is 7.72. The molecule has 1 N–H and O–H groups in total. The van der Waals surface area contributed by atoms with Crippen LogP contribution in [0, 0.1) is 5.41 Å². The van der Waals surface area contributed by atoms with Crippen molar-refractivity contribution in [1.82, 2.24) is 0 Å². The topological polar surface area (TPSA) is 67.9 Å². The molecule has 0 unspecified atom stereocenters. The van der Waals surface area contributed by atoms with Crippen molar-refractivity contribution in [2.75, 3.05) is 30.0 Å². The number of hydrogen-bond acceptors (Lipinski definition) is 4. The minimum atomic E-state index is -0.636. The van der Waals surface area contributed by atoms with Crippen LogP contribution in [0.5, 0.6) is 11.5 Å². The Hall–Kier alpha value is -2.44. The lowest BCUT2D eigenvalue weighted by atomic mass is 9.93. The van der Waals surface area contributed by atoms with E-state index in [4.69, 9.17) is 32.7 Å². The van der Waals surface area contributed by atoms with Gasteiger partial charge in [-0.3, -0.25) is 9.59 Å². The average Bonchev–Trinajstić information content (AvgIpc) is 2.78. The van der Waals surface area contributed by atoms with Crippen LogP contribution in [0.3, 0.4) is 0 Å². The molecule has 2 aromatic carbocycles. The minimum Gasteiger partial charge on any atom is -0.490 e. The van der Waals surface area contributed by atoms with Crippen molar-refractivity contribution in [3.05, 3.63) is 46.4 Å². The number of benzene rings is 2. The Bertz CT molecular complexity index is 962. The lowest BCUT2D eigenvalue weighted by Gasteiger charge is -2.27. The van der Waals surface area contributed by atoms with Crippen molar-refractivity contribution < 1.29 is 19.1 Å². The van der Waals surface area contributed by atoms with E-state index in [1.54, 1.807) is 41.3 Å². The normalized spacial score (nSPS) is 15.1. The number of nitrogens with zero attached hydrogens (tertiary/aromatic N) is 1. The average molecular weight is 451 g/mol. The summed E-state index contributed by atoms with van der Waals surface area (Å²) in [5, 5.41) is 3.59. The molecule has 0 bridgehead atoms. The Kier molecular flexibility index (Phi) is 6.78. The van der Waals surface area contributed by atoms with Crippen LogP contribution in [0.4, 0.5) is 11.4 Å². The number of amides is 2. The molecular weight excluding hydrogens is 427 g/mol. The molecule has 0 aliphatic carbocycles. The number of rotatable bonds is 6. The Labute approximate surface area is 186 Å². The van der Waals surface area contributed by atoms with Gasteiger partial charge in [-0.25, -0.2) is 0 Å². The molecule has 8 heteroatoms. The van der Waals surface area contributed by atoms with Crippen LogP contribution < -0.4 is 19.7 Å². The molecule has 0 saturated heterocycles. The van der Waals surface area contributed by atoms with E-state index in [1.165, 1.54) is 0 Å². The second-order valence-corrected chi connectivity index (χ2v) is 8.57. The van der Waals surface area contributed by atoms with E-state index in [9.17, 15) is 9.59 Å². The van der Waals surface area contributed by atoms with Gasteiger partial charge < -0.3 is 19.7 Å². The van der Waals surface area contributed by atoms with Crippen LogP contribution in [-0.2, 0) is 9.59 Å². The van der Waals surface area contributed by atoms with Crippen molar-refractivity contribution in [3.63, 3.8) is 0 Å². The van der Waals surface area contributed by atoms with Crippen LogP contribution in [-0.4, -0.2) is 31.6 Å². The third-order valence-electron chi connectivity index (χ3n) is 4.65. The Morgan fingerprint density at radius 2 is 2.00 bits per heavy atom. The summed E-state index contributed by atoms with van der Waals surface area (Å²) in [5.41, 5.74) is 0.617. The third-order valence-corrected chi connectivity index (χ3v) is 5.18. The van der Waals surface area contributed by atoms with Crippen LogP contribution in [0.25, 0.3) is 0 Å². The molecule has 1 aliphatic heterocycles. The van der Waals surface area contributed by atoms with Gasteiger partial charge in [0, 0.05) is 23.3 Å². The molecule has 1 aliphatic rings. The predicted molar refractivity (Wildman–Crippen MR) is 119 cm³/mol. The van der Waals surface area contributed by atoms with Crippen molar-refractivity contribution in [2.24, 2.45) is 5.41 Å². The molecule has 160 valence electrons. The molecule has 0 atom stereocenters. The molecule has 1 heterocycles. The zero-order chi connectivity index (χ0) is 21.9. The lowest BCUT2D eigenvalue weighted by molar-refractivity contribution is -0.127. The Balaban J connectivity index is 1.72. The van der Waals surface area contributed by atoms with E-state index < -0.39 is 5.41 Å². The minimum absolute atomic E-state index is 0.0214. The van der Waals surface area contributed by atoms with Gasteiger partial charge in [-0.1, -0.05) is 30.1 Å². The molecule has 30 heavy (non-hydrogen) atoms. The maximum Gasteiger partial charge on any atom is 0.262 e. The van der Waals surface area contributed by atoms with Gasteiger partial charge in [-0.15, -0.1) is 0 Å². The van der Waals surface area contributed by atoms with E-state index in [2.05, 4.69) is 5.32 Å². The summed E-state index contributed by atoms with van der Waals surface area (Å²) in [5.74, 6) is 0.601. The van der Waals surface area contributed by atoms with Gasteiger partial charge in [0.15, 0.2) is 6.61 Å². The first-order valence-electron chi connectivity index (χ1n) is 9.68. The lowest BCUT2D eigenvalue weighted by Crippen LogP contribution is -2.42. The number of fused-ring (bicyclic) bond motifs is 1. The molecule has 0 radical (unpaired) electrons. The predicted octanol–water partition coefficient (Wildman–Crippen LogP) is 5.17. The highest BCUT2D eigenvalue weighted by Gasteiger charge is 2.37. The summed E-state index contributed by atoms with van der Waals surface area (Å²) >= 11 is 11.9. The molecular formula is C22H24Cl2N2O4. The highest BCUT2D eigenvalue weighted by molar-refractivity contribution is 6.35. The van der Waals surface area contributed by atoms with Crippen molar-refractivity contribution in [2.45, 2.75) is 27.2 Å². The summed E-state index contributed by atoms with van der Waals surface area (Å²) in [6.45, 7) is 6.40. The molecule has 2 amide bonds. The fraction of sp³-hybridized carbons (Fsp3) is 0.364. The molecule has 6 nitrogen and oxygen atoms in total. The second kappa shape index (κ2) is 9.14. The van der Waals surface area contributed by atoms with Crippen LogP contribution in [0.15, 0.2) is 36.4 Å². The highest BCUT2D eigenvalue weighted by atomic mass is 35.5. The maximum absolute atomic E-state index is 12.9. The van der Waals surface area contributed by atoms with Gasteiger partial charge in [-0.05, 0) is 50.6 Å². The molecule has 0 aromatic heterocycles. The standard InChI is InChI=1S/C22H24Cl2N2O4/c1-4-9-26-17-7-6-15(11-19(17)30-13-22(2,3)21(26)28)25-20(27)12-29-18-8-5-14(23)10-16(18)24/h5-8,10-11H,4,9,12-13H2,1-3H3,(H,25,27). The number of hydrogen-bond donors (Lipinski definition) is 1. The van der Waals surface area contributed by atoms with E-state index in [0.717, 1.165) is 6.42 Å². The van der Waals surface area contributed by atoms with Gasteiger partial charge in [-0.2, -0.15) is 0 Å². The molecule has 0 saturated carbocycles. The number of carbonyl (C=O) groups is 2. The summed E-state index contributed by atoms with van der Waals surface area (Å²) < 4.78 is 11.4. The SMILES string of the molecule is CCCN1C(=O)C(C)(C)COc2cc(NC(=O)COc3ccc(Cl)cc3Cl)ccc21. The van der Waals surface area contributed by atoms with Crippen molar-refractivity contribution in [1.29, 1.82) is 0 Å². The number of carbonyl (C=O) groups excluding carboxylic acids is 2. The highest BCUT2D eigenvalue weighted by Crippen LogP contribution is 2.38. The molecule has 2 aromatic rings. The summed E-state index contributed by atoms with van der Waals surface area (Å²) in [4.78, 5) is 27.0. The molecule has 3 rings (SSSR count). The number of halogens is 2. The van der Waals surface area contributed by atoms with E-state index in [1.807, 2.05) is 20.8 Å². The number of anilines is 2. The van der Waals surface area contributed by atoms with Gasteiger partial charge in [0.1, 0.15) is 18.1 Å². The van der Waals surface area contributed by atoms with Crippen molar-refractivity contribution in [3.8, 4) is 11.5 Å². The molecule has 0 spiro atoms. The third kappa shape index (κ3) is 4.99. The Morgan fingerprint density at radius 1 is 1.23 bits per heavy atom. The smallest absolute Gasteiger partial charge is 0.262 e. The first kappa shape index (κ1) is 22.2. The maximum atomic E-state index is 12.9. The van der Waals surface area contributed by atoms with E-state index in [0.29, 0.717) is 39.5 Å². The summed E-state index contributed by atoms with van der Waals surface area (Å²) in [6.07, 6.45) is 0.824. The van der Waals surface area contributed by atoms with E-state index >= 15 is 0 Å². The summed E-state index contributed by atoms with van der Waals surface area (Å²) in [6, 6.07) is 10.0. The number of ether oxygens (including phenoxy) is 2. The first-order chi connectivity index (χ1) is 14.2. The van der Waals surface area contributed by atoms with Crippen LogP contribution >= 0.6 is 23.2 Å². The Morgan fingerprint density at radius 3 is 2.70 bits per heavy atom. The largest absolute Gasteiger partial charge is 0.490 e. The monoisotopic (exact) mass is 450 g/mol. The van der Waals surface area contributed by atoms with Gasteiger partial charge in [0.2, 0.25) is 5.91 Å². The van der Waals surface area contributed by atoms with Crippen LogP contribution in [0.1, 0.15) is 27.2 Å². The summed E-state index contributed by atoms with van der Waals surface area (Å²) in [7, 11) is 0. The van der Waals surface area contributed by atoms with Gasteiger partial charge in [0.05, 0.1) is 16.1 Å². The van der Waals surface area contributed by atoms with Gasteiger partial charge in [0.25, 0.3) is 5.91 Å². The van der Waals surface area contributed by atoms with E-state index in [-0.39, 0.29) is 25.0 Å².